The third kappa shape index (κ3) is 5.81. The number of anilines is 2. The van der Waals surface area contributed by atoms with Gasteiger partial charge in [0.1, 0.15) is 0 Å². The van der Waals surface area contributed by atoms with Crippen molar-refractivity contribution in [3.8, 4) is 0 Å². The van der Waals surface area contributed by atoms with Gasteiger partial charge in [-0.25, -0.2) is 13.8 Å². The molecule has 0 bridgehead atoms. The van der Waals surface area contributed by atoms with Crippen LogP contribution in [-0.4, -0.2) is 54.3 Å². The van der Waals surface area contributed by atoms with Crippen molar-refractivity contribution in [3.63, 3.8) is 0 Å². The van der Waals surface area contributed by atoms with Gasteiger partial charge in [-0.3, -0.25) is 0 Å². The van der Waals surface area contributed by atoms with Crippen molar-refractivity contribution < 1.29 is 13.9 Å². The molecule has 7 heteroatoms. The van der Waals surface area contributed by atoms with Crippen LogP contribution in [0.5, 0.6) is 0 Å². The van der Waals surface area contributed by atoms with Gasteiger partial charge in [0.2, 0.25) is 0 Å². The van der Waals surface area contributed by atoms with Crippen LogP contribution in [0.3, 0.4) is 0 Å². The Balaban J connectivity index is 2.78. The topological polar surface area (TPSA) is 60.4 Å². The van der Waals surface area contributed by atoms with E-state index in [4.69, 9.17) is 0 Å². The number of likely N-dealkylation sites (N-methyl/N-ethyl adjacent to an activating group) is 1. The summed E-state index contributed by atoms with van der Waals surface area (Å²) in [6, 6.07) is 0.786. The molecule has 0 spiro atoms. The summed E-state index contributed by atoms with van der Waals surface area (Å²) < 4.78 is 27.3. The number of aromatic nitrogens is 1. The van der Waals surface area contributed by atoms with Gasteiger partial charge in [-0.05, 0) is 27.4 Å². The predicted octanol–water partition coefficient (Wildman–Crippen LogP) is 1.91. The molecule has 1 unspecified atom stereocenters. The maximum Gasteiger partial charge on any atom is 0.168 e. The Labute approximate surface area is 124 Å². The summed E-state index contributed by atoms with van der Waals surface area (Å²) in [5.74, 6) is -1.58. The van der Waals surface area contributed by atoms with Gasteiger partial charge in [0.15, 0.2) is 23.3 Å². The van der Waals surface area contributed by atoms with Gasteiger partial charge in [-0.1, -0.05) is 6.92 Å². The first-order valence-corrected chi connectivity index (χ1v) is 6.96. The molecular weight excluding hydrogens is 278 g/mol. The summed E-state index contributed by atoms with van der Waals surface area (Å²) in [4.78, 5) is 5.72. The zero-order chi connectivity index (χ0) is 16.0. The van der Waals surface area contributed by atoms with Crippen LogP contribution in [0, 0.1) is 11.6 Å². The van der Waals surface area contributed by atoms with Crippen LogP contribution < -0.4 is 10.6 Å². The number of halogens is 2. The molecule has 0 amide bonds. The fourth-order valence-corrected chi connectivity index (χ4v) is 1.97. The van der Waals surface area contributed by atoms with Crippen molar-refractivity contribution in [2.75, 3.05) is 44.4 Å². The van der Waals surface area contributed by atoms with Gasteiger partial charge in [0, 0.05) is 25.7 Å². The maximum absolute atomic E-state index is 13.7. The third-order valence-electron chi connectivity index (χ3n) is 2.77. The first kappa shape index (κ1) is 17.6. The van der Waals surface area contributed by atoms with E-state index >= 15 is 0 Å². The first-order valence-electron chi connectivity index (χ1n) is 6.96. The normalized spacial score (nSPS) is 14.1. The highest BCUT2D eigenvalue weighted by molar-refractivity contribution is 5.47. The largest absolute Gasteiger partial charge is 0.387 e. The van der Waals surface area contributed by atoms with E-state index in [0.29, 0.717) is 13.1 Å². The molecule has 3 N–H and O–H groups in total. The van der Waals surface area contributed by atoms with Gasteiger partial charge >= 0.3 is 0 Å². The van der Waals surface area contributed by atoms with Crippen molar-refractivity contribution in [1.29, 1.82) is 0 Å². The third-order valence-corrected chi connectivity index (χ3v) is 2.77. The Bertz CT molecular complexity index is 467. The summed E-state index contributed by atoms with van der Waals surface area (Å²) in [7, 11) is 3.66. The van der Waals surface area contributed by atoms with Gasteiger partial charge in [-0.15, -0.1) is 0 Å². The van der Waals surface area contributed by atoms with Gasteiger partial charge in [-0.2, -0.15) is 0 Å². The van der Waals surface area contributed by atoms with E-state index in [0.717, 1.165) is 12.5 Å². The van der Waals surface area contributed by atoms with E-state index in [1.165, 1.54) is 0 Å². The standard InChI is InChI=1S/C14H24F2N4O/c1-5-6-17-12-10(15)7-11(16)13(19-12)18-8-14(2,21)9-20(3)4/h7,21H,5-6,8-9H2,1-4H3,(H2,17,18,19). The Hall–Kier alpha value is -1.47. The van der Waals surface area contributed by atoms with Crippen molar-refractivity contribution >= 4 is 11.6 Å². The molecule has 21 heavy (non-hydrogen) atoms. The van der Waals surface area contributed by atoms with E-state index < -0.39 is 17.2 Å². The number of pyridine rings is 1. The number of rotatable bonds is 8. The zero-order valence-corrected chi connectivity index (χ0v) is 13.0. The molecule has 0 saturated carbocycles. The van der Waals surface area contributed by atoms with Crippen molar-refractivity contribution in [2.45, 2.75) is 25.9 Å². The number of hydrogen-bond acceptors (Lipinski definition) is 5. The Morgan fingerprint density at radius 3 is 2.33 bits per heavy atom. The zero-order valence-electron chi connectivity index (χ0n) is 13.0. The first-order chi connectivity index (χ1) is 9.75. The maximum atomic E-state index is 13.7. The molecule has 0 saturated heterocycles. The lowest BCUT2D eigenvalue weighted by Crippen LogP contribution is -2.43. The second-order valence-electron chi connectivity index (χ2n) is 5.66. The molecule has 1 atom stereocenters. The number of nitrogens with zero attached hydrogens (tertiary/aromatic N) is 2. The highest BCUT2D eigenvalue weighted by Crippen LogP contribution is 2.19. The van der Waals surface area contributed by atoms with Crippen molar-refractivity contribution in [2.24, 2.45) is 0 Å². The molecule has 0 radical (unpaired) electrons. The molecule has 0 aliphatic rings. The summed E-state index contributed by atoms with van der Waals surface area (Å²) in [5.41, 5.74) is -1.05. The van der Waals surface area contributed by atoms with Crippen LogP contribution in [0.1, 0.15) is 20.3 Å². The SMILES string of the molecule is CCCNc1nc(NCC(C)(O)CN(C)C)c(F)cc1F. The molecule has 1 rings (SSSR count). The Morgan fingerprint density at radius 2 is 1.81 bits per heavy atom. The molecule has 1 heterocycles. The minimum Gasteiger partial charge on any atom is -0.387 e. The Morgan fingerprint density at radius 1 is 1.24 bits per heavy atom. The molecule has 1 aromatic heterocycles. The minimum atomic E-state index is -1.05. The summed E-state index contributed by atoms with van der Waals surface area (Å²) in [6.07, 6.45) is 0.804. The van der Waals surface area contributed by atoms with Crippen LogP contribution in [0.4, 0.5) is 20.4 Å². The van der Waals surface area contributed by atoms with E-state index in [1.54, 1.807) is 6.92 Å². The van der Waals surface area contributed by atoms with Crippen LogP contribution in [0.15, 0.2) is 6.07 Å². The van der Waals surface area contributed by atoms with Crippen molar-refractivity contribution in [3.05, 3.63) is 17.7 Å². The van der Waals surface area contributed by atoms with Crippen LogP contribution in [-0.2, 0) is 0 Å². The molecule has 0 aliphatic carbocycles. The summed E-state index contributed by atoms with van der Waals surface area (Å²) >= 11 is 0. The lowest BCUT2D eigenvalue weighted by atomic mass is 10.1. The predicted molar refractivity (Wildman–Crippen MR) is 80.6 cm³/mol. The fourth-order valence-electron chi connectivity index (χ4n) is 1.97. The molecular formula is C14H24F2N4O. The average molecular weight is 302 g/mol. The van der Waals surface area contributed by atoms with Gasteiger partial charge in [0.05, 0.1) is 5.60 Å². The molecule has 1 aromatic rings. The van der Waals surface area contributed by atoms with E-state index in [9.17, 15) is 13.9 Å². The second-order valence-corrected chi connectivity index (χ2v) is 5.66. The monoisotopic (exact) mass is 302 g/mol. The van der Waals surface area contributed by atoms with Crippen LogP contribution in [0.2, 0.25) is 0 Å². The average Bonchev–Trinajstić information content (AvgIpc) is 2.35. The summed E-state index contributed by atoms with van der Waals surface area (Å²) in [5, 5.41) is 15.7. The molecule has 5 nitrogen and oxygen atoms in total. The number of hydrogen-bond donors (Lipinski definition) is 3. The highest BCUT2D eigenvalue weighted by Gasteiger charge is 2.22. The molecule has 120 valence electrons. The molecule has 0 aromatic carbocycles. The fraction of sp³-hybridized carbons (Fsp3) is 0.643. The van der Waals surface area contributed by atoms with Gasteiger partial charge < -0.3 is 20.6 Å². The highest BCUT2D eigenvalue weighted by atomic mass is 19.1. The second kappa shape index (κ2) is 7.51. The molecule has 0 fully saturated rings. The van der Waals surface area contributed by atoms with E-state index in [2.05, 4.69) is 15.6 Å². The van der Waals surface area contributed by atoms with E-state index in [1.807, 2.05) is 25.9 Å². The smallest absolute Gasteiger partial charge is 0.168 e. The van der Waals surface area contributed by atoms with Crippen LogP contribution >= 0.6 is 0 Å². The summed E-state index contributed by atoms with van der Waals surface area (Å²) in [6.45, 7) is 4.63. The molecule has 0 aliphatic heterocycles. The minimum absolute atomic E-state index is 0.00741. The quantitative estimate of drug-likeness (QED) is 0.685. The number of aliphatic hydroxyl groups is 1. The lowest BCUT2D eigenvalue weighted by Gasteiger charge is -2.27. The Kier molecular flexibility index (Phi) is 6.29. The van der Waals surface area contributed by atoms with Crippen LogP contribution in [0.25, 0.3) is 0 Å². The van der Waals surface area contributed by atoms with E-state index in [-0.39, 0.29) is 18.2 Å². The lowest BCUT2D eigenvalue weighted by molar-refractivity contribution is 0.0458. The van der Waals surface area contributed by atoms with Crippen molar-refractivity contribution in [1.82, 2.24) is 9.88 Å². The van der Waals surface area contributed by atoms with Gasteiger partial charge in [0.25, 0.3) is 0 Å². The number of nitrogens with one attached hydrogen (secondary N) is 2.